The summed E-state index contributed by atoms with van der Waals surface area (Å²) in [4.78, 5) is 2.42. The highest BCUT2D eigenvalue weighted by Gasteiger charge is 2.22. The van der Waals surface area contributed by atoms with Gasteiger partial charge in [-0.3, -0.25) is 4.90 Å². The second-order valence-corrected chi connectivity index (χ2v) is 5.08. The fraction of sp³-hybridized carbons (Fsp3) is 0.600. The van der Waals surface area contributed by atoms with Crippen molar-refractivity contribution in [3.63, 3.8) is 0 Å². The van der Waals surface area contributed by atoms with Crippen LogP contribution in [0.1, 0.15) is 18.1 Å². The number of hydrogen-bond acceptors (Lipinski definition) is 3. The van der Waals surface area contributed by atoms with E-state index < -0.39 is 0 Å². The first-order valence-corrected chi connectivity index (χ1v) is 6.98. The Labute approximate surface area is 114 Å². The molecule has 1 aliphatic heterocycles. The molecular weight excluding hydrogens is 243 g/mol. The Kier molecular flexibility index (Phi) is 5.31. The molecule has 0 aromatic heterocycles. The molecule has 1 unspecified atom stereocenters. The highest BCUT2D eigenvalue weighted by Crippen LogP contribution is 2.16. The maximum atomic E-state index is 13.1. The minimum Gasteiger partial charge on any atom is -0.378 e. The van der Waals surface area contributed by atoms with Crippen molar-refractivity contribution in [1.82, 2.24) is 10.2 Å². The predicted octanol–water partition coefficient (Wildman–Crippen LogP) is 1.94. The number of morpholine rings is 1. The van der Waals surface area contributed by atoms with Crippen molar-refractivity contribution < 1.29 is 9.13 Å². The second kappa shape index (κ2) is 6.98. The summed E-state index contributed by atoms with van der Waals surface area (Å²) in [6.45, 7) is 9.35. The molecule has 1 aliphatic rings. The maximum absolute atomic E-state index is 13.1. The van der Waals surface area contributed by atoms with E-state index in [2.05, 4.69) is 17.1 Å². The van der Waals surface area contributed by atoms with Crippen LogP contribution < -0.4 is 5.32 Å². The summed E-state index contributed by atoms with van der Waals surface area (Å²) in [7, 11) is 0. The topological polar surface area (TPSA) is 24.5 Å². The minimum absolute atomic E-state index is 0.160. The first kappa shape index (κ1) is 14.4. The molecule has 19 heavy (non-hydrogen) atoms. The van der Waals surface area contributed by atoms with Gasteiger partial charge in [-0.25, -0.2) is 4.39 Å². The number of rotatable bonds is 5. The van der Waals surface area contributed by atoms with Crippen LogP contribution in [0.25, 0.3) is 0 Å². The van der Waals surface area contributed by atoms with Crippen LogP contribution in [-0.4, -0.2) is 43.8 Å². The second-order valence-electron chi connectivity index (χ2n) is 5.08. The van der Waals surface area contributed by atoms with E-state index in [0.717, 1.165) is 45.0 Å². The van der Waals surface area contributed by atoms with E-state index >= 15 is 0 Å². The zero-order valence-electron chi connectivity index (χ0n) is 11.8. The van der Waals surface area contributed by atoms with Crippen LogP contribution in [0, 0.1) is 12.7 Å². The number of aryl methyl sites for hydroxylation is 1. The lowest BCUT2D eigenvalue weighted by Gasteiger charge is -2.36. The van der Waals surface area contributed by atoms with Crippen LogP contribution >= 0.6 is 0 Å². The predicted molar refractivity (Wildman–Crippen MR) is 74.7 cm³/mol. The molecule has 3 nitrogen and oxygen atoms in total. The number of benzene rings is 1. The van der Waals surface area contributed by atoms with Gasteiger partial charge in [-0.1, -0.05) is 13.0 Å². The molecule has 0 saturated carbocycles. The molecule has 0 aliphatic carbocycles. The number of nitrogens with zero attached hydrogens (tertiary/aromatic N) is 1. The summed E-state index contributed by atoms with van der Waals surface area (Å²) in [6, 6.07) is 5.44. The van der Waals surface area contributed by atoms with Gasteiger partial charge in [-0.15, -0.1) is 0 Å². The van der Waals surface area contributed by atoms with Crippen LogP contribution in [0.4, 0.5) is 4.39 Å². The Bertz CT molecular complexity index is 411. The number of likely N-dealkylation sites (N-methyl/N-ethyl adjacent to an activating group) is 1. The molecule has 2 rings (SSSR count). The monoisotopic (exact) mass is 266 g/mol. The van der Waals surface area contributed by atoms with Gasteiger partial charge < -0.3 is 10.1 Å². The average Bonchev–Trinajstić information content (AvgIpc) is 2.41. The normalized spacial score (nSPS) is 20.7. The zero-order chi connectivity index (χ0) is 13.7. The van der Waals surface area contributed by atoms with Crippen molar-refractivity contribution in [2.75, 3.05) is 32.8 Å². The Hall–Kier alpha value is -0.970. The van der Waals surface area contributed by atoms with Gasteiger partial charge in [-0.2, -0.15) is 0 Å². The molecule has 1 aromatic rings. The van der Waals surface area contributed by atoms with Crippen LogP contribution in [0.3, 0.4) is 0 Å². The summed E-state index contributed by atoms with van der Waals surface area (Å²) in [5, 5.41) is 3.38. The Morgan fingerprint density at radius 1 is 1.47 bits per heavy atom. The van der Waals surface area contributed by atoms with E-state index in [0.29, 0.717) is 6.04 Å². The third-order valence-corrected chi connectivity index (χ3v) is 3.66. The van der Waals surface area contributed by atoms with Gasteiger partial charge in [0, 0.05) is 25.7 Å². The molecule has 1 heterocycles. The van der Waals surface area contributed by atoms with Crippen LogP contribution in [0.2, 0.25) is 0 Å². The van der Waals surface area contributed by atoms with Crippen molar-refractivity contribution in [1.29, 1.82) is 0 Å². The van der Waals surface area contributed by atoms with Crippen molar-refractivity contribution in [3.8, 4) is 0 Å². The van der Waals surface area contributed by atoms with E-state index in [1.54, 1.807) is 12.1 Å². The van der Waals surface area contributed by atoms with Gasteiger partial charge >= 0.3 is 0 Å². The van der Waals surface area contributed by atoms with Gasteiger partial charge in [0.2, 0.25) is 0 Å². The van der Waals surface area contributed by atoms with Crippen LogP contribution in [-0.2, 0) is 11.3 Å². The van der Waals surface area contributed by atoms with Gasteiger partial charge in [0.25, 0.3) is 0 Å². The standard InChI is InChI=1S/C15H23FN2O/c1-3-17-9-15-11-19-7-6-18(15)10-13-4-5-14(16)8-12(13)2/h4-5,8,15,17H,3,6-7,9-11H2,1-2H3. The Morgan fingerprint density at radius 3 is 3.05 bits per heavy atom. The average molecular weight is 266 g/mol. The highest BCUT2D eigenvalue weighted by molar-refractivity contribution is 5.26. The molecule has 106 valence electrons. The summed E-state index contributed by atoms with van der Waals surface area (Å²) in [5.41, 5.74) is 2.22. The summed E-state index contributed by atoms with van der Waals surface area (Å²) in [6.07, 6.45) is 0. The largest absolute Gasteiger partial charge is 0.378 e. The molecule has 1 saturated heterocycles. The number of halogens is 1. The SMILES string of the molecule is CCNCC1COCCN1Cc1ccc(F)cc1C. The van der Waals surface area contributed by atoms with Gasteiger partial charge in [-0.05, 0) is 36.7 Å². The molecule has 0 bridgehead atoms. The lowest BCUT2D eigenvalue weighted by molar-refractivity contribution is -0.0108. The minimum atomic E-state index is -0.160. The lowest BCUT2D eigenvalue weighted by Crippen LogP contribution is -2.49. The maximum Gasteiger partial charge on any atom is 0.123 e. The van der Waals surface area contributed by atoms with Crippen molar-refractivity contribution in [2.45, 2.75) is 26.4 Å². The summed E-state index contributed by atoms with van der Waals surface area (Å²) in [5.74, 6) is -0.160. The van der Waals surface area contributed by atoms with E-state index in [9.17, 15) is 4.39 Å². The van der Waals surface area contributed by atoms with E-state index in [1.807, 2.05) is 13.0 Å². The molecule has 4 heteroatoms. The van der Waals surface area contributed by atoms with E-state index in [-0.39, 0.29) is 5.82 Å². The molecule has 0 radical (unpaired) electrons. The van der Waals surface area contributed by atoms with Crippen LogP contribution in [0.5, 0.6) is 0 Å². The molecule has 1 aromatic carbocycles. The Morgan fingerprint density at radius 2 is 2.32 bits per heavy atom. The fourth-order valence-corrected chi connectivity index (χ4v) is 2.45. The van der Waals surface area contributed by atoms with Crippen molar-refractivity contribution in [2.24, 2.45) is 0 Å². The Balaban J connectivity index is 2.02. The molecular formula is C15H23FN2O. The highest BCUT2D eigenvalue weighted by atomic mass is 19.1. The fourth-order valence-electron chi connectivity index (χ4n) is 2.45. The van der Waals surface area contributed by atoms with Gasteiger partial charge in [0.05, 0.1) is 13.2 Å². The first-order chi connectivity index (χ1) is 9.20. The lowest BCUT2D eigenvalue weighted by atomic mass is 10.1. The molecule has 1 atom stereocenters. The summed E-state index contributed by atoms with van der Waals surface area (Å²) < 4.78 is 18.7. The van der Waals surface area contributed by atoms with E-state index in [4.69, 9.17) is 4.74 Å². The van der Waals surface area contributed by atoms with Gasteiger partial charge in [0.1, 0.15) is 5.82 Å². The number of hydrogen-bond donors (Lipinski definition) is 1. The third kappa shape index (κ3) is 4.00. The molecule has 0 amide bonds. The first-order valence-electron chi connectivity index (χ1n) is 6.98. The third-order valence-electron chi connectivity index (χ3n) is 3.66. The number of nitrogens with one attached hydrogen (secondary N) is 1. The number of ether oxygens (including phenoxy) is 1. The zero-order valence-corrected chi connectivity index (χ0v) is 11.8. The van der Waals surface area contributed by atoms with Crippen LogP contribution in [0.15, 0.2) is 18.2 Å². The van der Waals surface area contributed by atoms with Crippen molar-refractivity contribution in [3.05, 3.63) is 35.1 Å². The molecule has 1 N–H and O–H groups in total. The quantitative estimate of drug-likeness (QED) is 0.881. The smallest absolute Gasteiger partial charge is 0.123 e. The summed E-state index contributed by atoms with van der Waals surface area (Å²) >= 11 is 0. The molecule has 0 spiro atoms. The molecule has 1 fully saturated rings. The van der Waals surface area contributed by atoms with Crippen molar-refractivity contribution >= 4 is 0 Å². The van der Waals surface area contributed by atoms with Gasteiger partial charge in [0.15, 0.2) is 0 Å². The van der Waals surface area contributed by atoms with E-state index in [1.165, 1.54) is 5.56 Å².